The molecule has 1 N–H and O–H groups in total. The molecule has 2 aromatic heterocycles. The molecular formula is C25H22BrFN6O3. The van der Waals surface area contributed by atoms with Gasteiger partial charge >= 0.3 is 0 Å². The molecule has 2 aromatic carbocycles. The Bertz CT molecular complexity index is 1460. The third-order valence-corrected chi connectivity index (χ3v) is 6.82. The van der Waals surface area contributed by atoms with Gasteiger partial charge in [-0.05, 0) is 49.6 Å². The van der Waals surface area contributed by atoms with E-state index in [1.165, 1.54) is 6.07 Å². The third-order valence-electron chi connectivity index (χ3n) is 6.55. The number of rotatable bonds is 6. The molecule has 1 saturated carbocycles. The van der Waals surface area contributed by atoms with E-state index >= 15 is 0 Å². The van der Waals surface area contributed by atoms with Crippen molar-refractivity contribution in [2.24, 2.45) is 0 Å². The molecule has 1 unspecified atom stereocenters. The number of anilines is 1. The van der Waals surface area contributed by atoms with Gasteiger partial charge in [0.2, 0.25) is 0 Å². The average molecular weight is 553 g/mol. The van der Waals surface area contributed by atoms with E-state index in [0.29, 0.717) is 46.6 Å². The maximum Gasteiger partial charge on any atom is 0.258 e. The van der Waals surface area contributed by atoms with Crippen LogP contribution in [0.2, 0.25) is 0 Å². The second-order valence-electron chi connectivity index (χ2n) is 9.04. The van der Waals surface area contributed by atoms with Crippen molar-refractivity contribution in [3.8, 4) is 22.8 Å². The molecule has 184 valence electrons. The highest BCUT2D eigenvalue weighted by molar-refractivity contribution is 9.06. The number of benzene rings is 2. The number of para-hydroxylation sites is 1. The quantitative estimate of drug-likeness (QED) is 0.363. The molecule has 1 aliphatic heterocycles. The summed E-state index contributed by atoms with van der Waals surface area (Å²) in [4.78, 5) is 17.8. The standard InChI is InChI=1S/C25H22BrFN6O3/c1-14-7-19(27)18(8-22(14)32-9-21(28-12-32)15-5-6-15)25(34)30-20-4-2-3-17-23(20)35-10-16(11-36-26)33-13-29-31-24(17)33/h2-4,7-9,12-13,15-16H,5-6,10-11H2,1H3,(H,30,34). The summed E-state index contributed by atoms with van der Waals surface area (Å²) in [7, 11) is 0. The summed E-state index contributed by atoms with van der Waals surface area (Å²) in [6.45, 7) is 2.41. The van der Waals surface area contributed by atoms with Gasteiger partial charge in [-0.1, -0.05) is 6.07 Å². The smallest absolute Gasteiger partial charge is 0.258 e. The van der Waals surface area contributed by atoms with Gasteiger partial charge in [0.15, 0.2) is 11.6 Å². The number of carbonyl (C=O) groups excluding carboxylic acids is 1. The van der Waals surface area contributed by atoms with Crippen LogP contribution in [-0.2, 0) is 3.83 Å². The van der Waals surface area contributed by atoms with Gasteiger partial charge in [-0.3, -0.25) is 4.79 Å². The van der Waals surface area contributed by atoms with E-state index in [2.05, 4.69) is 36.8 Å². The molecule has 2 aliphatic rings. The fraction of sp³-hybridized carbons (Fsp3) is 0.280. The SMILES string of the molecule is Cc1cc(F)c(C(=O)Nc2cccc3c2OCC(COBr)n2cnnc2-3)cc1-n1cnc(C2CC2)c1. The van der Waals surface area contributed by atoms with Crippen molar-refractivity contribution in [3.63, 3.8) is 0 Å². The first-order valence-electron chi connectivity index (χ1n) is 11.6. The number of halogens is 2. The van der Waals surface area contributed by atoms with Crippen LogP contribution in [-0.4, -0.2) is 43.4 Å². The molecule has 9 nitrogen and oxygen atoms in total. The van der Waals surface area contributed by atoms with Gasteiger partial charge in [-0.15, -0.1) is 10.2 Å². The molecule has 3 heterocycles. The highest BCUT2D eigenvalue weighted by Crippen LogP contribution is 2.40. The van der Waals surface area contributed by atoms with Crippen molar-refractivity contribution < 1.29 is 17.8 Å². The second kappa shape index (κ2) is 9.14. The highest BCUT2D eigenvalue weighted by Gasteiger charge is 2.28. The van der Waals surface area contributed by atoms with Gasteiger partial charge < -0.3 is 23.0 Å². The summed E-state index contributed by atoms with van der Waals surface area (Å²) in [5.41, 5.74) is 3.43. The molecule has 0 bridgehead atoms. The van der Waals surface area contributed by atoms with Crippen molar-refractivity contribution in [2.45, 2.75) is 31.7 Å². The highest BCUT2D eigenvalue weighted by atomic mass is 79.9. The fourth-order valence-corrected chi connectivity index (χ4v) is 4.80. The fourth-order valence-electron chi connectivity index (χ4n) is 4.49. The number of imidazole rings is 1. The van der Waals surface area contributed by atoms with Crippen molar-refractivity contribution in [1.29, 1.82) is 0 Å². The predicted octanol–water partition coefficient (Wildman–Crippen LogP) is 4.97. The minimum Gasteiger partial charge on any atom is -0.488 e. The number of nitrogens with one attached hydrogen (secondary N) is 1. The molecule has 0 saturated heterocycles. The first kappa shape index (κ1) is 22.9. The maximum atomic E-state index is 15.0. The molecule has 1 amide bonds. The Balaban J connectivity index is 1.32. The number of hydrogen-bond acceptors (Lipinski definition) is 6. The molecule has 36 heavy (non-hydrogen) atoms. The van der Waals surface area contributed by atoms with Crippen LogP contribution in [0.15, 0.2) is 49.2 Å². The van der Waals surface area contributed by atoms with Crippen molar-refractivity contribution in [2.75, 3.05) is 18.5 Å². The monoisotopic (exact) mass is 552 g/mol. The van der Waals surface area contributed by atoms with Crippen LogP contribution in [0.25, 0.3) is 17.1 Å². The zero-order valence-corrected chi connectivity index (χ0v) is 20.9. The van der Waals surface area contributed by atoms with Crippen molar-refractivity contribution in [1.82, 2.24) is 24.3 Å². The molecule has 6 rings (SSSR count). The maximum absolute atomic E-state index is 15.0. The number of carbonyl (C=O) groups is 1. The molecule has 11 heteroatoms. The second-order valence-corrected chi connectivity index (χ2v) is 9.50. The van der Waals surface area contributed by atoms with Crippen LogP contribution < -0.4 is 10.1 Å². The lowest BCUT2D eigenvalue weighted by Gasteiger charge is -2.16. The van der Waals surface area contributed by atoms with Crippen LogP contribution in [0.1, 0.15) is 46.4 Å². The Labute approximate surface area is 214 Å². The van der Waals surface area contributed by atoms with E-state index in [9.17, 15) is 9.18 Å². The van der Waals surface area contributed by atoms with E-state index < -0.39 is 11.7 Å². The number of ether oxygens (including phenoxy) is 1. The molecule has 4 aromatic rings. The molecule has 0 radical (unpaired) electrons. The van der Waals surface area contributed by atoms with Crippen LogP contribution in [0, 0.1) is 12.7 Å². The Morgan fingerprint density at radius 2 is 2.17 bits per heavy atom. The van der Waals surface area contributed by atoms with Gasteiger partial charge in [0.25, 0.3) is 5.91 Å². The first-order chi connectivity index (χ1) is 17.5. The van der Waals surface area contributed by atoms with Gasteiger partial charge in [0, 0.05) is 12.1 Å². The summed E-state index contributed by atoms with van der Waals surface area (Å²) >= 11 is 3.00. The van der Waals surface area contributed by atoms with Gasteiger partial charge in [0.1, 0.15) is 18.8 Å². The minimum absolute atomic E-state index is 0.0720. The Hall–Kier alpha value is -3.57. The molecule has 1 fully saturated rings. The predicted molar refractivity (Wildman–Crippen MR) is 133 cm³/mol. The summed E-state index contributed by atoms with van der Waals surface area (Å²) in [5, 5.41) is 11.1. The lowest BCUT2D eigenvalue weighted by molar-refractivity contribution is 0.102. The van der Waals surface area contributed by atoms with Gasteiger partial charge in [0.05, 0.1) is 63.4 Å². The number of amides is 1. The lowest BCUT2D eigenvalue weighted by Crippen LogP contribution is -2.20. The van der Waals surface area contributed by atoms with Crippen LogP contribution in [0.5, 0.6) is 5.75 Å². The number of aromatic nitrogens is 5. The summed E-state index contributed by atoms with van der Waals surface area (Å²) in [6, 6.07) is 8.07. The summed E-state index contributed by atoms with van der Waals surface area (Å²) in [6.07, 6.45) is 7.55. The Morgan fingerprint density at radius 3 is 2.97 bits per heavy atom. The van der Waals surface area contributed by atoms with E-state index in [1.54, 1.807) is 30.9 Å². The zero-order chi connectivity index (χ0) is 24.8. The average Bonchev–Trinajstić information content (AvgIpc) is 3.43. The number of aryl methyl sites for hydroxylation is 1. The van der Waals surface area contributed by atoms with E-state index in [1.807, 2.05) is 28.3 Å². The molecule has 1 atom stereocenters. The Morgan fingerprint density at radius 1 is 1.31 bits per heavy atom. The number of nitrogens with zero attached hydrogens (tertiary/aromatic N) is 5. The van der Waals surface area contributed by atoms with Gasteiger partial charge in [-0.25, -0.2) is 9.37 Å². The normalized spacial score (nSPS) is 16.6. The first-order valence-corrected chi connectivity index (χ1v) is 12.2. The molecule has 1 aliphatic carbocycles. The zero-order valence-electron chi connectivity index (χ0n) is 19.3. The molecular weight excluding hydrogens is 531 g/mol. The number of hydrogen-bond donors (Lipinski definition) is 1. The van der Waals surface area contributed by atoms with Crippen molar-refractivity contribution >= 4 is 27.9 Å². The minimum atomic E-state index is -0.603. The van der Waals surface area contributed by atoms with Crippen LogP contribution in [0.4, 0.5) is 10.1 Å². The summed E-state index contributed by atoms with van der Waals surface area (Å²) in [5.74, 6) is 0.333. The van der Waals surface area contributed by atoms with E-state index in [0.717, 1.165) is 18.5 Å². The number of fused-ring (bicyclic) bond motifs is 3. The Kier molecular flexibility index (Phi) is 5.81. The topological polar surface area (TPSA) is 96.1 Å². The summed E-state index contributed by atoms with van der Waals surface area (Å²) < 4.78 is 29.9. The largest absolute Gasteiger partial charge is 0.488 e. The lowest BCUT2D eigenvalue weighted by atomic mass is 10.1. The van der Waals surface area contributed by atoms with Crippen molar-refractivity contribution in [3.05, 3.63) is 71.8 Å². The van der Waals surface area contributed by atoms with Crippen LogP contribution >= 0.6 is 16.3 Å². The van der Waals surface area contributed by atoms with Crippen LogP contribution in [0.3, 0.4) is 0 Å². The third kappa shape index (κ3) is 4.07. The molecule has 0 spiro atoms. The van der Waals surface area contributed by atoms with Gasteiger partial charge in [-0.2, -0.15) is 0 Å². The van der Waals surface area contributed by atoms with E-state index in [-0.39, 0.29) is 18.2 Å². The van der Waals surface area contributed by atoms with E-state index in [4.69, 9.17) is 8.57 Å².